The Hall–Kier alpha value is -1.59. The van der Waals surface area contributed by atoms with E-state index in [1.165, 1.54) is 13.0 Å². The molecule has 0 aliphatic heterocycles. The molecule has 0 saturated carbocycles. The van der Waals surface area contributed by atoms with E-state index in [1.54, 1.807) is 25.1 Å². The molecule has 0 heterocycles. The quantitative estimate of drug-likeness (QED) is 0.412. The van der Waals surface area contributed by atoms with Gasteiger partial charge in [0.1, 0.15) is 6.10 Å². The first-order valence-corrected chi connectivity index (χ1v) is 5.39. The van der Waals surface area contributed by atoms with Gasteiger partial charge in [0.15, 0.2) is 0 Å². The Morgan fingerprint density at radius 2 is 2.12 bits per heavy atom. The van der Waals surface area contributed by atoms with Crippen LogP contribution in [-0.2, 0) is 4.74 Å². The maximum Gasteiger partial charge on any atom is 0.342 e. The lowest BCUT2D eigenvalue weighted by Gasteiger charge is -2.29. The molecule has 4 N–H and O–H groups in total. The van der Waals surface area contributed by atoms with Gasteiger partial charge in [0.25, 0.3) is 0 Å². The van der Waals surface area contributed by atoms with Crippen LogP contribution in [0.25, 0.3) is 0 Å². The molecule has 1 aromatic carbocycles. The Balaban J connectivity index is 2.90. The van der Waals surface area contributed by atoms with E-state index in [4.69, 9.17) is 10.5 Å². The zero-order chi connectivity index (χ0) is 13.1. The Morgan fingerprint density at radius 1 is 1.53 bits per heavy atom. The zero-order valence-corrected chi connectivity index (χ0v) is 9.88. The molecular weight excluding hydrogens is 222 g/mol. The van der Waals surface area contributed by atoms with Crippen molar-refractivity contribution in [2.45, 2.75) is 32.2 Å². The second-order valence-corrected chi connectivity index (χ2v) is 3.85. The highest BCUT2D eigenvalue weighted by molar-refractivity contribution is 5.95. The Morgan fingerprint density at radius 3 is 2.59 bits per heavy atom. The van der Waals surface area contributed by atoms with Crippen molar-refractivity contribution in [3.63, 3.8) is 0 Å². The summed E-state index contributed by atoms with van der Waals surface area (Å²) in [5.74, 6) is -2.65. The Kier molecular flexibility index (Phi) is 4.09. The molecule has 5 nitrogen and oxygen atoms in total. The third-order valence-electron chi connectivity index (χ3n) is 2.61. The monoisotopic (exact) mass is 239 g/mol. The topological polar surface area (TPSA) is 92.8 Å². The van der Waals surface area contributed by atoms with Crippen molar-refractivity contribution in [2.24, 2.45) is 0 Å². The van der Waals surface area contributed by atoms with Crippen LogP contribution in [0.4, 0.5) is 5.69 Å². The van der Waals surface area contributed by atoms with Crippen LogP contribution >= 0.6 is 0 Å². The van der Waals surface area contributed by atoms with E-state index in [-0.39, 0.29) is 17.7 Å². The summed E-state index contributed by atoms with van der Waals surface area (Å²) in [6.07, 6.45) is -1.09. The van der Waals surface area contributed by atoms with E-state index in [9.17, 15) is 15.0 Å². The van der Waals surface area contributed by atoms with Crippen LogP contribution in [0.3, 0.4) is 0 Å². The van der Waals surface area contributed by atoms with Crippen LogP contribution in [-0.4, -0.2) is 28.1 Å². The van der Waals surface area contributed by atoms with Crippen LogP contribution in [0.1, 0.15) is 30.6 Å². The van der Waals surface area contributed by atoms with Crippen LogP contribution in [0.15, 0.2) is 24.3 Å². The van der Waals surface area contributed by atoms with Gasteiger partial charge >= 0.3 is 5.97 Å². The van der Waals surface area contributed by atoms with E-state index < -0.39 is 17.9 Å². The SMILES string of the molecule is CCC(O)(OC(=O)c1ccccc1N)C(C)O. The maximum atomic E-state index is 11.8. The number of ether oxygens (including phenoxy) is 1. The van der Waals surface area contributed by atoms with E-state index in [0.29, 0.717) is 0 Å². The highest BCUT2D eigenvalue weighted by Gasteiger charge is 2.35. The van der Waals surface area contributed by atoms with Gasteiger partial charge in [-0.05, 0) is 19.1 Å². The number of carbonyl (C=O) groups excluding carboxylic acids is 1. The second kappa shape index (κ2) is 5.16. The number of hydrogen-bond donors (Lipinski definition) is 3. The summed E-state index contributed by atoms with van der Waals surface area (Å²) in [7, 11) is 0. The van der Waals surface area contributed by atoms with Gasteiger partial charge in [0, 0.05) is 12.1 Å². The van der Waals surface area contributed by atoms with Crippen LogP contribution in [0.2, 0.25) is 0 Å². The molecule has 1 rings (SSSR count). The van der Waals surface area contributed by atoms with Crippen LogP contribution in [0, 0.1) is 0 Å². The number of anilines is 1. The maximum absolute atomic E-state index is 11.8. The molecular formula is C12H17NO4. The van der Waals surface area contributed by atoms with Gasteiger partial charge in [-0.1, -0.05) is 19.1 Å². The molecule has 0 amide bonds. The fourth-order valence-corrected chi connectivity index (χ4v) is 1.35. The molecule has 0 aromatic heterocycles. The smallest absolute Gasteiger partial charge is 0.342 e. The largest absolute Gasteiger partial charge is 0.427 e. The average molecular weight is 239 g/mol. The summed E-state index contributed by atoms with van der Waals surface area (Å²) in [4.78, 5) is 11.8. The number of nitrogens with two attached hydrogens (primary N) is 1. The van der Waals surface area contributed by atoms with Gasteiger partial charge < -0.3 is 20.7 Å². The summed E-state index contributed by atoms with van der Waals surface area (Å²) in [6.45, 7) is 2.96. The number of hydrogen-bond acceptors (Lipinski definition) is 5. The number of aliphatic hydroxyl groups is 2. The van der Waals surface area contributed by atoms with Crippen LogP contribution in [0.5, 0.6) is 0 Å². The number of rotatable bonds is 4. The average Bonchev–Trinajstić information content (AvgIpc) is 2.29. The minimum atomic E-state index is -1.89. The summed E-state index contributed by atoms with van der Waals surface area (Å²) < 4.78 is 4.90. The Labute approximate surface area is 99.8 Å². The zero-order valence-electron chi connectivity index (χ0n) is 9.88. The summed E-state index contributed by atoms with van der Waals surface area (Å²) in [5, 5.41) is 19.3. The highest BCUT2D eigenvalue weighted by atomic mass is 16.7. The molecule has 2 unspecified atom stereocenters. The normalized spacial score (nSPS) is 16.0. The number of nitrogen functional groups attached to an aromatic ring is 1. The van der Waals surface area contributed by atoms with Crippen molar-refractivity contribution in [2.75, 3.05) is 5.73 Å². The summed E-state index contributed by atoms with van der Waals surface area (Å²) in [6, 6.07) is 6.38. The van der Waals surface area contributed by atoms with Crippen molar-refractivity contribution >= 4 is 11.7 Å². The number of benzene rings is 1. The van der Waals surface area contributed by atoms with Crippen molar-refractivity contribution < 1.29 is 19.7 Å². The molecule has 0 spiro atoms. The second-order valence-electron chi connectivity index (χ2n) is 3.85. The lowest BCUT2D eigenvalue weighted by Crippen LogP contribution is -2.44. The van der Waals surface area contributed by atoms with E-state index in [0.717, 1.165) is 0 Å². The Bertz CT molecular complexity index is 405. The number of aliphatic hydroxyl groups excluding tert-OH is 1. The van der Waals surface area contributed by atoms with Gasteiger partial charge in [-0.3, -0.25) is 0 Å². The van der Waals surface area contributed by atoms with Crippen molar-refractivity contribution in [1.29, 1.82) is 0 Å². The molecule has 1 aromatic rings. The van der Waals surface area contributed by atoms with Crippen molar-refractivity contribution in [3.8, 4) is 0 Å². The fraction of sp³-hybridized carbons (Fsp3) is 0.417. The lowest BCUT2D eigenvalue weighted by molar-refractivity contribution is -0.220. The lowest BCUT2D eigenvalue weighted by atomic mass is 10.1. The standard InChI is InChI=1S/C12H17NO4/c1-3-12(16,8(2)14)17-11(15)9-6-4-5-7-10(9)13/h4-8,14,16H,3,13H2,1-2H3. The number of esters is 1. The molecule has 5 heteroatoms. The third kappa shape index (κ3) is 2.95. The van der Waals surface area contributed by atoms with E-state index >= 15 is 0 Å². The molecule has 94 valence electrons. The molecule has 0 fully saturated rings. The molecule has 0 saturated heterocycles. The molecule has 0 radical (unpaired) electrons. The van der Waals surface area contributed by atoms with Gasteiger partial charge in [-0.15, -0.1) is 0 Å². The van der Waals surface area contributed by atoms with Crippen molar-refractivity contribution in [3.05, 3.63) is 29.8 Å². The predicted octanol–water partition coefficient (Wildman–Crippen LogP) is 0.905. The van der Waals surface area contributed by atoms with Crippen LogP contribution < -0.4 is 5.73 Å². The molecule has 0 bridgehead atoms. The molecule has 0 aliphatic carbocycles. The summed E-state index contributed by atoms with van der Waals surface area (Å²) >= 11 is 0. The highest BCUT2D eigenvalue weighted by Crippen LogP contribution is 2.21. The van der Waals surface area contributed by atoms with E-state index in [2.05, 4.69) is 0 Å². The number of para-hydroxylation sites is 1. The fourth-order valence-electron chi connectivity index (χ4n) is 1.35. The minimum Gasteiger partial charge on any atom is -0.427 e. The van der Waals surface area contributed by atoms with Gasteiger partial charge in [-0.25, -0.2) is 4.79 Å². The first-order valence-electron chi connectivity index (χ1n) is 5.39. The van der Waals surface area contributed by atoms with Gasteiger partial charge in [0.2, 0.25) is 5.79 Å². The minimum absolute atomic E-state index is 0.0865. The van der Waals surface area contributed by atoms with Gasteiger partial charge in [0.05, 0.1) is 5.56 Å². The number of carbonyl (C=O) groups is 1. The first-order chi connectivity index (χ1) is 7.90. The third-order valence-corrected chi connectivity index (χ3v) is 2.61. The van der Waals surface area contributed by atoms with E-state index in [1.807, 2.05) is 0 Å². The first kappa shape index (κ1) is 13.5. The summed E-state index contributed by atoms with van der Waals surface area (Å²) in [5.41, 5.74) is 6.04. The van der Waals surface area contributed by atoms with Gasteiger partial charge in [-0.2, -0.15) is 0 Å². The molecule has 0 aliphatic rings. The molecule has 17 heavy (non-hydrogen) atoms. The predicted molar refractivity (Wildman–Crippen MR) is 63.2 cm³/mol. The van der Waals surface area contributed by atoms with Crippen molar-refractivity contribution in [1.82, 2.24) is 0 Å². The molecule has 2 atom stereocenters.